The molecule has 88 valence electrons. The van der Waals surface area contributed by atoms with Crippen LogP contribution in [0.2, 0.25) is 0 Å². The summed E-state index contributed by atoms with van der Waals surface area (Å²) in [5.41, 5.74) is 2.62. The van der Waals surface area contributed by atoms with Crippen molar-refractivity contribution in [1.29, 1.82) is 0 Å². The van der Waals surface area contributed by atoms with Gasteiger partial charge in [0.25, 0.3) is 0 Å². The summed E-state index contributed by atoms with van der Waals surface area (Å²) < 4.78 is 5.92. The summed E-state index contributed by atoms with van der Waals surface area (Å²) in [4.78, 5) is 0. The Kier molecular flexibility index (Phi) is 3.70. The molecule has 16 heavy (non-hydrogen) atoms. The molecule has 0 aliphatic carbocycles. The molecule has 0 amide bonds. The summed E-state index contributed by atoms with van der Waals surface area (Å²) in [5, 5.41) is 3.42. The molecular weight excluding hydrogens is 198 g/mol. The van der Waals surface area contributed by atoms with Gasteiger partial charge in [0.2, 0.25) is 0 Å². The highest BCUT2D eigenvalue weighted by molar-refractivity contribution is 5.59. The number of rotatable bonds is 4. The molecule has 2 nitrogen and oxygen atoms in total. The predicted octanol–water partition coefficient (Wildman–Crippen LogP) is 3.47. The van der Waals surface area contributed by atoms with Crippen molar-refractivity contribution in [3.05, 3.63) is 23.8 Å². The fourth-order valence-electron chi connectivity index (χ4n) is 1.96. The smallest absolute Gasteiger partial charge is 0.124 e. The molecule has 1 aromatic carbocycles. The van der Waals surface area contributed by atoms with Crippen molar-refractivity contribution in [2.45, 2.75) is 33.1 Å². The Morgan fingerprint density at radius 2 is 2.31 bits per heavy atom. The zero-order chi connectivity index (χ0) is 11.4. The molecule has 1 unspecified atom stereocenters. The van der Waals surface area contributed by atoms with Gasteiger partial charge in [-0.1, -0.05) is 26.3 Å². The van der Waals surface area contributed by atoms with E-state index in [4.69, 9.17) is 4.74 Å². The minimum atomic E-state index is 0.632. The molecule has 0 saturated heterocycles. The molecule has 1 heterocycles. The zero-order valence-electron chi connectivity index (χ0n) is 10.3. The molecule has 2 heteroatoms. The maximum Gasteiger partial charge on any atom is 0.124 e. The average molecular weight is 219 g/mol. The number of benzene rings is 1. The second-order valence-corrected chi connectivity index (χ2v) is 4.64. The van der Waals surface area contributed by atoms with Crippen molar-refractivity contribution in [2.75, 3.05) is 18.5 Å². The Morgan fingerprint density at radius 1 is 1.44 bits per heavy atom. The largest absolute Gasteiger partial charge is 0.493 e. The first kappa shape index (κ1) is 11.3. The zero-order valence-corrected chi connectivity index (χ0v) is 10.3. The number of ether oxygens (including phenoxy) is 1. The van der Waals surface area contributed by atoms with Gasteiger partial charge in [-0.3, -0.25) is 0 Å². The van der Waals surface area contributed by atoms with Crippen LogP contribution < -0.4 is 10.1 Å². The SMILES string of the molecule is CCC(C)COc1cccc2c1CCCN2. The molecular formula is C14H21NO. The van der Waals surface area contributed by atoms with Gasteiger partial charge in [0.1, 0.15) is 5.75 Å². The third kappa shape index (κ3) is 2.49. The first-order valence-corrected chi connectivity index (χ1v) is 6.29. The molecule has 0 radical (unpaired) electrons. The highest BCUT2D eigenvalue weighted by atomic mass is 16.5. The fraction of sp³-hybridized carbons (Fsp3) is 0.571. The van der Waals surface area contributed by atoms with Crippen molar-refractivity contribution in [2.24, 2.45) is 5.92 Å². The average Bonchev–Trinajstić information content (AvgIpc) is 2.35. The van der Waals surface area contributed by atoms with E-state index in [1.165, 1.54) is 24.1 Å². The molecule has 0 fully saturated rings. The quantitative estimate of drug-likeness (QED) is 0.837. The molecule has 0 aromatic heterocycles. The van der Waals surface area contributed by atoms with Crippen molar-refractivity contribution >= 4 is 5.69 Å². The Balaban J connectivity index is 2.08. The van der Waals surface area contributed by atoms with E-state index in [1.54, 1.807) is 0 Å². The first-order chi connectivity index (χ1) is 7.81. The van der Waals surface area contributed by atoms with E-state index in [1.807, 2.05) is 0 Å². The van der Waals surface area contributed by atoms with Crippen LogP contribution in [-0.4, -0.2) is 13.2 Å². The third-order valence-electron chi connectivity index (χ3n) is 3.27. The number of fused-ring (bicyclic) bond motifs is 1. The summed E-state index contributed by atoms with van der Waals surface area (Å²) in [6.45, 7) is 6.35. The van der Waals surface area contributed by atoms with E-state index < -0.39 is 0 Å². The van der Waals surface area contributed by atoms with Gasteiger partial charge in [-0.25, -0.2) is 0 Å². The molecule has 0 bridgehead atoms. The van der Waals surface area contributed by atoms with Gasteiger partial charge in [-0.05, 0) is 30.9 Å². The highest BCUT2D eigenvalue weighted by Gasteiger charge is 2.13. The summed E-state index contributed by atoms with van der Waals surface area (Å²) >= 11 is 0. The van der Waals surface area contributed by atoms with Crippen LogP contribution in [0.25, 0.3) is 0 Å². The first-order valence-electron chi connectivity index (χ1n) is 6.29. The van der Waals surface area contributed by atoms with Crippen LogP contribution in [0, 0.1) is 5.92 Å². The Morgan fingerprint density at radius 3 is 3.12 bits per heavy atom. The standard InChI is InChI=1S/C14H21NO/c1-3-11(2)10-16-14-8-4-7-13-12(14)6-5-9-15-13/h4,7-8,11,15H,3,5-6,9-10H2,1-2H3. The lowest BCUT2D eigenvalue weighted by Gasteiger charge is -2.21. The second-order valence-electron chi connectivity index (χ2n) is 4.64. The maximum absolute atomic E-state index is 5.92. The van der Waals surface area contributed by atoms with Crippen LogP contribution in [0.4, 0.5) is 5.69 Å². The van der Waals surface area contributed by atoms with E-state index in [0.717, 1.165) is 25.3 Å². The summed E-state index contributed by atoms with van der Waals surface area (Å²) in [5.74, 6) is 1.71. The van der Waals surface area contributed by atoms with Crippen LogP contribution in [0.3, 0.4) is 0 Å². The predicted molar refractivity (Wildman–Crippen MR) is 68.2 cm³/mol. The molecule has 1 aliphatic rings. The molecule has 2 rings (SSSR count). The molecule has 1 atom stereocenters. The van der Waals surface area contributed by atoms with E-state index in [2.05, 4.69) is 37.4 Å². The van der Waals surface area contributed by atoms with Gasteiger partial charge in [0, 0.05) is 17.8 Å². The maximum atomic E-state index is 5.92. The highest BCUT2D eigenvalue weighted by Crippen LogP contribution is 2.30. The Hall–Kier alpha value is -1.18. The third-order valence-corrected chi connectivity index (χ3v) is 3.27. The number of anilines is 1. The van der Waals surface area contributed by atoms with Gasteiger partial charge >= 0.3 is 0 Å². The fourth-order valence-corrected chi connectivity index (χ4v) is 1.96. The number of hydrogen-bond acceptors (Lipinski definition) is 2. The van der Waals surface area contributed by atoms with Crippen molar-refractivity contribution in [3.8, 4) is 5.75 Å². The van der Waals surface area contributed by atoms with Crippen molar-refractivity contribution in [1.82, 2.24) is 0 Å². The molecule has 0 saturated carbocycles. The monoisotopic (exact) mass is 219 g/mol. The van der Waals surface area contributed by atoms with Crippen LogP contribution >= 0.6 is 0 Å². The van der Waals surface area contributed by atoms with E-state index >= 15 is 0 Å². The molecule has 1 aliphatic heterocycles. The van der Waals surface area contributed by atoms with E-state index in [-0.39, 0.29) is 0 Å². The van der Waals surface area contributed by atoms with E-state index in [0.29, 0.717) is 5.92 Å². The molecule has 1 aromatic rings. The van der Waals surface area contributed by atoms with E-state index in [9.17, 15) is 0 Å². The summed E-state index contributed by atoms with van der Waals surface area (Å²) in [6, 6.07) is 6.31. The van der Waals surface area contributed by atoms with Crippen LogP contribution in [0.5, 0.6) is 5.75 Å². The summed E-state index contributed by atoms with van der Waals surface area (Å²) in [7, 11) is 0. The Labute approximate surface area is 98.0 Å². The lowest BCUT2D eigenvalue weighted by molar-refractivity contribution is 0.254. The van der Waals surface area contributed by atoms with Gasteiger partial charge in [0.15, 0.2) is 0 Å². The number of nitrogens with one attached hydrogen (secondary N) is 1. The normalized spacial score (nSPS) is 16.1. The van der Waals surface area contributed by atoms with Gasteiger partial charge in [-0.2, -0.15) is 0 Å². The minimum Gasteiger partial charge on any atom is -0.493 e. The topological polar surface area (TPSA) is 21.3 Å². The van der Waals surface area contributed by atoms with Gasteiger partial charge in [-0.15, -0.1) is 0 Å². The van der Waals surface area contributed by atoms with Crippen LogP contribution in [-0.2, 0) is 6.42 Å². The number of hydrogen-bond donors (Lipinski definition) is 1. The van der Waals surface area contributed by atoms with Crippen LogP contribution in [0.1, 0.15) is 32.3 Å². The lowest BCUT2D eigenvalue weighted by Crippen LogP contribution is -2.14. The Bertz CT molecular complexity index is 349. The molecule has 0 spiro atoms. The second kappa shape index (κ2) is 5.24. The molecule has 1 N–H and O–H groups in total. The lowest BCUT2D eigenvalue weighted by atomic mass is 10.0. The van der Waals surface area contributed by atoms with Gasteiger partial charge in [0.05, 0.1) is 6.61 Å². The van der Waals surface area contributed by atoms with Crippen molar-refractivity contribution in [3.63, 3.8) is 0 Å². The minimum absolute atomic E-state index is 0.632. The summed E-state index contributed by atoms with van der Waals surface area (Å²) in [6.07, 6.45) is 3.52. The van der Waals surface area contributed by atoms with Crippen LogP contribution in [0.15, 0.2) is 18.2 Å². The van der Waals surface area contributed by atoms with Crippen molar-refractivity contribution < 1.29 is 4.74 Å². The van der Waals surface area contributed by atoms with Gasteiger partial charge < -0.3 is 10.1 Å².